The second-order valence-electron chi connectivity index (χ2n) is 9.38. The molecule has 8 heteroatoms. The molecule has 29 heavy (non-hydrogen) atoms. The lowest BCUT2D eigenvalue weighted by Gasteiger charge is -2.45. The zero-order valence-corrected chi connectivity index (χ0v) is 19.0. The molecule has 1 saturated heterocycles. The Labute approximate surface area is 172 Å². The average molecular weight is 424 g/mol. The summed E-state index contributed by atoms with van der Waals surface area (Å²) in [4.78, 5) is 24.8. The summed E-state index contributed by atoms with van der Waals surface area (Å²) in [6.07, 6.45) is 0.112. The van der Waals surface area contributed by atoms with Crippen LogP contribution >= 0.6 is 0 Å². The summed E-state index contributed by atoms with van der Waals surface area (Å²) in [5.41, 5.74) is 1.01. The van der Waals surface area contributed by atoms with Crippen molar-refractivity contribution in [3.63, 3.8) is 0 Å². The molecule has 1 amide bonds. The first-order valence-electron chi connectivity index (χ1n) is 9.96. The fourth-order valence-corrected chi connectivity index (χ4v) is 4.83. The van der Waals surface area contributed by atoms with E-state index in [1.807, 2.05) is 0 Å². The van der Waals surface area contributed by atoms with Crippen LogP contribution in [-0.4, -0.2) is 46.2 Å². The van der Waals surface area contributed by atoms with E-state index in [1.54, 1.807) is 12.1 Å². The first kappa shape index (κ1) is 21.8. The number of ether oxygens (including phenoxy) is 2. The molecule has 0 aromatic heterocycles. The third kappa shape index (κ3) is 4.33. The number of esters is 1. The van der Waals surface area contributed by atoms with Gasteiger partial charge in [-0.1, -0.05) is 26.8 Å². The Kier molecular flexibility index (Phi) is 5.79. The van der Waals surface area contributed by atoms with Crippen molar-refractivity contribution < 1.29 is 27.9 Å². The van der Waals surface area contributed by atoms with E-state index in [4.69, 9.17) is 9.16 Å². The van der Waals surface area contributed by atoms with Crippen LogP contribution in [0.2, 0.25) is 18.1 Å². The van der Waals surface area contributed by atoms with Crippen molar-refractivity contribution in [3.8, 4) is 0 Å². The number of hydrogen-bond acceptors (Lipinski definition) is 5. The quantitative estimate of drug-likeness (QED) is 0.512. The van der Waals surface area contributed by atoms with Crippen LogP contribution in [0.25, 0.3) is 0 Å². The van der Waals surface area contributed by atoms with Gasteiger partial charge in [0.2, 0.25) is 6.10 Å². The molecular formula is C21H30FNO5Si. The van der Waals surface area contributed by atoms with E-state index in [9.17, 15) is 14.0 Å². The SMILES string of the molecule is COC(=O)[C@H]1CN(c2ccc(C3CC(O[Si](C)(C)C(C)(C)C)C3)c(F)c2)C(=O)O1. The monoisotopic (exact) mass is 423 g/mol. The van der Waals surface area contributed by atoms with Crippen molar-refractivity contribution in [1.29, 1.82) is 0 Å². The van der Waals surface area contributed by atoms with E-state index in [-0.39, 0.29) is 29.4 Å². The Balaban J connectivity index is 1.63. The summed E-state index contributed by atoms with van der Waals surface area (Å²) in [6, 6.07) is 4.75. The molecule has 3 rings (SSSR count). The zero-order valence-electron chi connectivity index (χ0n) is 18.0. The van der Waals surface area contributed by atoms with Gasteiger partial charge < -0.3 is 13.9 Å². The summed E-state index contributed by atoms with van der Waals surface area (Å²) >= 11 is 0. The third-order valence-electron chi connectivity index (χ3n) is 6.37. The lowest BCUT2D eigenvalue weighted by Crippen LogP contribution is -2.47. The Hall–Kier alpha value is -1.93. The molecule has 0 N–H and O–H groups in total. The maximum Gasteiger partial charge on any atom is 0.415 e. The van der Waals surface area contributed by atoms with Crippen molar-refractivity contribution in [2.45, 2.75) is 69.9 Å². The zero-order chi connectivity index (χ0) is 21.6. The summed E-state index contributed by atoms with van der Waals surface area (Å²) < 4.78 is 30.8. The number of carbonyl (C=O) groups excluding carboxylic acids is 2. The minimum atomic E-state index is -1.82. The topological polar surface area (TPSA) is 65.1 Å². The second kappa shape index (κ2) is 7.72. The lowest BCUT2D eigenvalue weighted by atomic mass is 9.77. The molecule has 1 heterocycles. The van der Waals surface area contributed by atoms with Crippen LogP contribution in [0.3, 0.4) is 0 Å². The average Bonchev–Trinajstić information content (AvgIpc) is 2.98. The van der Waals surface area contributed by atoms with Crippen LogP contribution in [0, 0.1) is 5.82 Å². The minimum absolute atomic E-state index is 0.0101. The highest BCUT2D eigenvalue weighted by Crippen LogP contribution is 2.45. The van der Waals surface area contributed by atoms with Crippen molar-refractivity contribution >= 4 is 26.1 Å². The molecular weight excluding hydrogens is 393 g/mol. The number of amides is 1. The standard InChI is InChI=1S/C21H30FNO5Si/c1-21(2,3)29(5,6)28-15-9-13(10-15)16-8-7-14(11-17(16)22)23-12-18(19(24)26-4)27-20(23)25/h7-8,11,13,15,18H,9-10,12H2,1-6H3/t13?,15?,18-/m1/s1. The highest BCUT2D eigenvalue weighted by Gasteiger charge is 2.43. The number of halogens is 1. The van der Waals surface area contributed by atoms with E-state index < -0.39 is 26.5 Å². The maximum absolute atomic E-state index is 14.8. The predicted octanol–water partition coefficient (Wildman–Crippen LogP) is 4.59. The molecule has 2 fully saturated rings. The van der Waals surface area contributed by atoms with Crippen molar-refractivity contribution in [1.82, 2.24) is 0 Å². The predicted molar refractivity (Wildman–Crippen MR) is 110 cm³/mol. The van der Waals surface area contributed by atoms with Gasteiger partial charge in [0, 0.05) is 6.10 Å². The van der Waals surface area contributed by atoms with E-state index in [0.29, 0.717) is 11.3 Å². The van der Waals surface area contributed by atoms with Gasteiger partial charge >= 0.3 is 12.1 Å². The second-order valence-corrected chi connectivity index (χ2v) is 14.1. The first-order chi connectivity index (χ1) is 13.4. The van der Waals surface area contributed by atoms with E-state index >= 15 is 0 Å². The van der Waals surface area contributed by atoms with E-state index in [1.165, 1.54) is 18.1 Å². The van der Waals surface area contributed by atoms with Crippen LogP contribution in [0.5, 0.6) is 0 Å². The van der Waals surface area contributed by atoms with Crippen molar-refractivity contribution in [3.05, 3.63) is 29.6 Å². The fraction of sp³-hybridized carbons (Fsp3) is 0.619. The number of methoxy groups -OCH3 is 1. The third-order valence-corrected chi connectivity index (χ3v) is 10.9. The Morgan fingerprint density at radius 2 is 1.93 bits per heavy atom. The molecule has 1 aromatic carbocycles. The van der Waals surface area contributed by atoms with E-state index in [2.05, 4.69) is 38.6 Å². The number of benzene rings is 1. The van der Waals surface area contributed by atoms with Gasteiger partial charge in [0.1, 0.15) is 5.82 Å². The number of cyclic esters (lactones) is 1. The largest absolute Gasteiger partial charge is 0.466 e. The van der Waals surface area contributed by atoms with Crippen LogP contribution < -0.4 is 4.90 Å². The molecule has 1 aliphatic carbocycles. The maximum atomic E-state index is 14.8. The van der Waals surface area contributed by atoms with Crippen LogP contribution in [0.4, 0.5) is 14.9 Å². The summed E-state index contributed by atoms with van der Waals surface area (Å²) in [5.74, 6) is -0.861. The smallest absolute Gasteiger partial charge is 0.415 e. The molecule has 1 aliphatic heterocycles. The van der Waals surface area contributed by atoms with Crippen LogP contribution in [0.1, 0.15) is 45.1 Å². The molecule has 0 bridgehead atoms. The molecule has 2 aliphatic rings. The molecule has 0 unspecified atom stereocenters. The Bertz CT molecular complexity index is 801. The molecule has 1 atom stereocenters. The summed E-state index contributed by atoms with van der Waals surface area (Å²) in [5, 5.41) is 0.150. The summed E-state index contributed by atoms with van der Waals surface area (Å²) in [6.45, 7) is 11.1. The Morgan fingerprint density at radius 1 is 1.28 bits per heavy atom. The van der Waals surface area contributed by atoms with Gasteiger partial charge in [-0.3, -0.25) is 4.90 Å². The molecule has 1 saturated carbocycles. The number of rotatable bonds is 5. The minimum Gasteiger partial charge on any atom is -0.466 e. The van der Waals surface area contributed by atoms with Gasteiger partial charge in [0.25, 0.3) is 0 Å². The van der Waals surface area contributed by atoms with Gasteiger partial charge in [-0.15, -0.1) is 0 Å². The van der Waals surface area contributed by atoms with Gasteiger partial charge in [-0.05, 0) is 54.6 Å². The van der Waals surface area contributed by atoms with Gasteiger partial charge in [-0.25, -0.2) is 14.0 Å². The molecule has 0 radical (unpaired) electrons. The van der Waals surface area contributed by atoms with Crippen LogP contribution in [-0.2, 0) is 18.7 Å². The number of carbonyl (C=O) groups is 2. The van der Waals surface area contributed by atoms with Gasteiger partial charge in [-0.2, -0.15) is 0 Å². The number of anilines is 1. The van der Waals surface area contributed by atoms with Crippen molar-refractivity contribution in [2.75, 3.05) is 18.6 Å². The lowest BCUT2D eigenvalue weighted by molar-refractivity contribution is -0.148. The Morgan fingerprint density at radius 3 is 2.48 bits per heavy atom. The molecule has 0 spiro atoms. The summed E-state index contributed by atoms with van der Waals surface area (Å²) in [7, 11) is -0.595. The normalized spacial score (nSPS) is 24.9. The highest BCUT2D eigenvalue weighted by atomic mass is 28.4. The molecule has 6 nitrogen and oxygen atoms in total. The van der Waals surface area contributed by atoms with E-state index in [0.717, 1.165) is 12.8 Å². The van der Waals surface area contributed by atoms with Gasteiger partial charge in [0.05, 0.1) is 19.3 Å². The number of hydrogen-bond donors (Lipinski definition) is 0. The molecule has 160 valence electrons. The molecule has 1 aromatic rings. The highest BCUT2D eigenvalue weighted by molar-refractivity contribution is 6.74. The van der Waals surface area contributed by atoms with Crippen LogP contribution in [0.15, 0.2) is 18.2 Å². The first-order valence-corrected chi connectivity index (χ1v) is 12.9. The number of nitrogens with zero attached hydrogens (tertiary/aromatic N) is 1. The van der Waals surface area contributed by atoms with Gasteiger partial charge in [0.15, 0.2) is 8.32 Å². The fourth-order valence-electron chi connectivity index (χ4n) is 3.45. The van der Waals surface area contributed by atoms with Crippen molar-refractivity contribution in [2.24, 2.45) is 0 Å².